The van der Waals surface area contributed by atoms with Crippen LogP contribution >= 0.6 is 0 Å². The monoisotopic (exact) mass is 633 g/mol. The Hall–Kier alpha value is -3.25. The molecule has 0 unspecified atom stereocenters. The molecule has 240 valence electrons. The maximum atomic E-state index is 13.8. The molecule has 0 aliphatic carbocycles. The van der Waals surface area contributed by atoms with Gasteiger partial charge in [0.1, 0.15) is 12.5 Å². The van der Waals surface area contributed by atoms with Crippen LogP contribution < -0.4 is 4.74 Å². The van der Waals surface area contributed by atoms with E-state index in [0.29, 0.717) is 34.6 Å². The average molecular weight is 634 g/mol. The van der Waals surface area contributed by atoms with E-state index in [4.69, 9.17) is 9.47 Å². The Labute approximate surface area is 249 Å². The van der Waals surface area contributed by atoms with Crippen LogP contribution in [0.2, 0.25) is 0 Å². The average Bonchev–Trinajstić information content (AvgIpc) is 2.91. The number of ether oxygens (including phenoxy) is 2. The van der Waals surface area contributed by atoms with Crippen molar-refractivity contribution >= 4 is 0 Å². The largest absolute Gasteiger partial charge is 0.496 e. The molecule has 2 atom stereocenters. The smallest absolute Gasteiger partial charge is 0.416 e. The number of halogens is 9. The molecule has 1 fully saturated rings. The zero-order chi connectivity index (χ0) is 32.8. The zero-order valence-electron chi connectivity index (χ0n) is 24.6. The Bertz CT molecular complexity index is 1450. The lowest BCUT2D eigenvalue weighted by atomic mass is 9.84. The van der Waals surface area contributed by atoms with Crippen LogP contribution in [0, 0.1) is 0 Å². The standard InChI is InChI=1S/C32H32F9NO2/c1-18-10-28(19-11-23(31(36,37)38)14-24(12-19)32(39,40)41)44-17-42(18)16-20-13-22(30(33,34)35)6-8-25(20)26-15-21(29(2,3)4)7-9-27(26)43-5/h6-9,11-15,18,28H,10,16-17H2,1-5H3/t18-,28-/m0/s1. The van der Waals surface area contributed by atoms with Gasteiger partial charge < -0.3 is 9.47 Å². The van der Waals surface area contributed by atoms with Gasteiger partial charge in [0.2, 0.25) is 0 Å². The molecule has 3 aromatic carbocycles. The van der Waals surface area contributed by atoms with E-state index in [0.717, 1.165) is 17.7 Å². The molecule has 0 spiro atoms. The van der Waals surface area contributed by atoms with Crippen LogP contribution in [0.25, 0.3) is 11.1 Å². The normalized spacial score (nSPS) is 18.9. The number of benzene rings is 3. The van der Waals surface area contributed by atoms with Crippen LogP contribution in [0.1, 0.15) is 73.6 Å². The second-order valence-corrected chi connectivity index (χ2v) is 12.0. The summed E-state index contributed by atoms with van der Waals surface area (Å²) in [5, 5.41) is 0. The summed E-state index contributed by atoms with van der Waals surface area (Å²) < 4.78 is 133. The van der Waals surface area contributed by atoms with Crippen molar-refractivity contribution in [2.45, 2.75) is 76.8 Å². The molecule has 1 aliphatic rings. The molecule has 1 heterocycles. The molecule has 3 nitrogen and oxygen atoms in total. The van der Waals surface area contributed by atoms with Crippen LogP contribution in [-0.4, -0.2) is 24.8 Å². The first-order valence-corrected chi connectivity index (χ1v) is 13.7. The molecule has 0 amide bonds. The van der Waals surface area contributed by atoms with Crippen molar-refractivity contribution in [3.05, 3.63) is 88.0 Å². The summed E-state index contributed by atoms with van der Waals surface area (Å²) in [6, 6.07) is 9.76. The van der Waals surface area contributed by atoms with Gasteiger partial charge in [-0.1, -0.05) is 32.9 Å². The number of alkyl halides is 9. The van der Waals surface area contributed by atoms with Crippen molar-refractivity contribution in [3.8, 4) is 16.9 Å². The number of rotatable bonds is 5. The second-order valence-electron chi connectivity index (χ2n) is 12.0. The van der Waals surface area contributed by atoms with E-state index in [1.54, 1.807) is 17.9 Å². The lowest BCUT2D eigenvalue weighted by Crippen LogP contribution is -2.41. The van der Waals surface area contributed by atoms with Crippen molar-refractivity contribution in [3.63, 3.8) is 0 Å². The number of hydrogen-bond acceptors (Lipinski definition) is 3. The predicted molar refractivity (Wildman–Crippen MR) is 147 cm³/mol. The zero-order valence-corrected chi connectivity index (χ0v) is 24.6. The van der Waals surface area contributed by atoms with Gasteiger partial charge in [0.05, 0.1) is 29.9 Å². The molecule has 44 heavy (non-hydrogen) atoms. The minimum absolute atomic E-state index is 0.00966. The van der Waals surface area contributed by atoms with E-state index in [1.807, 2.05) is 32.9 Å². The van der Waals surface area contributed by atoms with Crippen molar-refractivity contribution in [2.24, 2.45) is 0 Å². The Morgan fingerprint density at radius 3 is 1.80 bits per heavy atom. The molecular formula is C32H32F9NO2. The Balaban J connectivity index is 1.69. The highest BCUT2D eigenvalue weighted by atomic mass is 19.4. The van der Waals surface area contributed by atoms with Gasteiger partial charge in [-0.15, -0.1) is 0 Å². The third-order valence-electron chi connectivity index (χ3n) is 7.76. The first kappa shape index (κ1) is 33.6. The molecule has 4 rings (SSSR count). The van der Waals surface area contributed by atoms with E-state index in [1.165, 1.54) is 13.2 Å². The maximum absolute atomic E-state index is 13.8. The fourth-order valence-corrected chi connectivity index (χ4v) is 5.21. The number of methoxy groups -OCH3 is 1. The SMILES string of the molecule is COc1ccc(C(C)(C)C)cc1-c1ccc(C(F)(F)F)cc1CN1CO[C@H](c2cc(C(F)(F)F)cc(C(F)(F)F)c2)C[C@@H]1C. The van der Waals surface area contributed by atoms with Crippen LogP contribution in [0.3, 0.4) is 0 Å². The summed E-state index contributed by atoms with van der Waals surface area (Å²) in [7, 11) is 1.46. The summed E-state index contributed by atoms with van der Waals surface area (Å²) in [5.74, 6) is 0.451. The molecule has 1 aliphatic heterocycles. The summed E-state index contributed by atoms with van der Waals surface area (Å²) in [4.78, 5) is 1.69. The van der Waals surface area contributed by atoms with Gasteiger partial charge in [0.15, 0.2) is 0 Å². The van der Waals surface area contributed by atoms with Gasteiger partial charge in [0.25, 0.3) is 0 Å². The van der Waals surface area contributed by atoms with E-state index in [9.17, 15) is 39.5 Å². The highest BCUT2D eigenvalue weighted by Crippen LogP contribution is 2.42. The van der Waals surface area contributed by atoms with Gasteiger partial charge in [-0.3, -0.25) is 4.90 Å². The Kier molecular flexibility index (Phi) is 9.12. The van der Waals surface area contributed by atoms with Crippen LogP contribution in [0.5, 0.6) is 5.75 Å². The van der Waals surface area contributed by atoms with Crippen LogP contribution in [0.4, 0.5) is 39.5 Å². The first-order chi connectivity index (χ1) is 20.2. The maximum Gasteiger partial charge on any atom is 0.416 e. The van der Waals surface area contributed by atoms with E-state index in [-0.39, 0.29) is 36.7 Å². The predicted octanol–water partition coefficient (Wildman–Crippen LogP) is 10.0. The molecule has 0 N–H and O–H groups in total. The third-order valence-corrected chi connectivity index (χ3v) is 7.76. The second kappa shape index (κ2) is 11.9. The molecule has 0 aromatic heterocycles. The quantitative estimate of drug-likeness (QED) is 0.261. The number of hydrogen-bond donors (Lipinski definition) is 0. The summed E-state index contributed by atoms with van der Waals surface area (Å²) >= 11 is 0. The molecule has 0 radical (unpaired) electrons. The molecular weight excluding hydrogens is 601 g/mol. The topological polar surface area (TPSA) is 21.7 Å². The fraction of sp³-hybridized carbons (Fsp3) is 0.438. The molecule has 12 heteroatoms. The number of nitrogens with zero attached hydrogens (tertiary/aromatic N) is 1. The van der Waals surface area contributed by atoms with Crippen LogP contribution in [0.15, 0.2) is 54.6 Å². The van der Waals surface area contributed by atoms with Crippen molar-refractivity contribution in [2.75, 3.05) is 13.8 Å². The lowest BCUT2D eigenvalue weighted by Gasteiger charge is -2.38. The minimum Gasteiger partial charge on any atom is -0.496 e. The molecule has 3 aromatic rings. The van der Waals surface area contributed by atoms with E-state index >= 15 is 0 Å². The van der Waals surface area contributed by atoms with Gasteiger partial charge in [-0.25, -0.2) is 0 Å². The van der Waals surface area contributed by atoms with E-state index in [2.05, 4.69) is 0 Å². The van der Waals surface area contributed by atoms with Gasteiger partial charge in [-0.2, -0.15) is 39.5 Å². The lowest BCUT2D eigenvalue weighted by molar-refractivity contribution is -0.143. The van der Waals surface area contributed by atoms with Crippen molar-refractivity contribution in [1.29, 1.82) is 0 Å². The summed E-state index contributed by atoms with van der Waals surface area (Å²) in [6.45, 7) is 7.42. The Morgan fingerprint density at radius 1 is 0.727 bits per heavy atom. The highest BCUT2D eigenvalue weighted by Gasteiger charge is 2.39. The van der Waals surface area contributed by atoms with E-state index < -0.39 is 47.4 Å². The van der Waals surface area contributed by atoms with Gasteiger partial charge in [-0.05, 0) is 83.5 Å². The molecule has 1 saturated heterocycles. The molecule has 0 bridgehead atoms. The minimum atomic E-state index is -5.01. The van der Waals surface area contributed by atoms with Gasteiger partial charge in [0, 0.05) is 18.2 Å². The Morgan fingerprint density at radius 2 is 1.30 bits per heavy atom. The summed E-state index contributed by atoms with van der Waals surface area (Å²) in [6.07, 6.45) is -15.7. The summed E-state index contributed by atoms with van der Waals surface area (Å²) in [5.41, 5.74) is -2.00. The third kappa shape index (κ3) is 7.51. The van der Waals surface area contributed by atoms with Crippen molar-refractivity contribution in [1.82, 2.24) is 4.90 Å². The van der Waals surface area contributed by atoms with Crippen molar-refractivity contribution < 1.29 is 49.0 Å². The molecule has 0 saturated carbocycles. The fourth-order valence-electron chi connectivity index (χ4n) is 5.21. The van der Waals surface area contributed by atoms with Gasteiger partial charge >= 0.3 is 18.5 Å². The highest BCUT2D eigenvalue weighted by molar-refractivity contribution is 5.75. The van der Waals surface area contributed by atoms with Crippen LogP contribution in [-0.2, 0) is 35.2 Å². The first-order valence-electron chi connectivity index (χ1n) is 13.7.